The second kappa shape index (κ2) is 4.12. The maximum Gasteiger partial charge on any atom is 0.353 e. The Labute approximate surface area is 109 Å². The SMILES string of the molecule is C[C@@]1(Cc2c[nH]c3ccccc23)CC(C(=O)O)=NO1. The fourth-order valence-corrected chi connectivity index (χ4v) is 2.47. The molecule has 5 heteroatoms. The molecule has 1 aliphatic heterocycles. The molecule has 98 valence electrons. The zero-order valence-electron chi connectivity index (χ0n) is 10.5. The number of carbonyl (C=O) groups is 1. The summed E-state index contributed by atoms with van der Waals surface area (Å²) in [5, 5.41) is 13.7. The summed E-state index contributed by atoms with van der Waals surface area (Å²) < 4.78 is 0. The molecule has 0 saturated carbocycles. The third kappa shape index (κ3) is 2.07. The van der Waals surface area contributed by atoms with Crippen molar-refractivity contribution in [2.24, 2.45) is 5.16 Å². The van der Waals surface area contributed by atoms with Gasteiger partial charge >= 0.3 is 5.97 Å². The number of aliphatic carboxylic acids is 1. The number of H-pyrrole nitrogens is 1. The Kier molecular flexibility index (Phi) is 2.55. The predicted molar refractivity (Wildman–Crippen MR) is 71.2 cm³/mol. The van der Waals surface area contributed by atoms with Crippen LogP contribution in [0.4, 0.5) is 0 Å². The van der Waals surface area contributed by atoms with Crippen molar-refractivity contribution in [3.63, 3.8) is 0 Å². The predicted octanol–water partition coefficient (Wildman–Crippen LogP) is 2.33. The lowest BCUT2D eigenvalue weighted by atomic mass is 9.91. The van der Waals surface area contributed by atoms with E-state index in [1.807, 2.05) is 37.4 Å². The van der Waals surface area contributed by atoms with Crippen LogP contribution in [0.1, 0.15) is 18.9 Å². The molecule has 1 aliphatic rings. The third-order valence-corrected chi connectivity index (χ3v) is 3.40. The number of benzene rings is 1. The molecule has 19 heavy (non-hydrogen) atoms. The van der Waals surface area contributed by atoms with Crippen molar-refractivity contribution in [2.75, 3.05) is 0 Å². The zero-order valence-corrected chi connectivity index (χ0v) is 10.5. The van der Waals surface area contributed by atoms with Gasteiger partial charge in [-0.15, -0.1) is 0 Å². The average Bonchev–Trinajstić information content (AvgIpc) is 2.95. The fourth-order valence-electron chi connectivity index (χ4n) is 2.47. The van der Waals surface area contributed by atoms with Crippen molar-refractivity contribution >= 4 is 22.6 Å². The second-order valence-corrected chi connectivity index (χ2v) is 5.10. The Morgan fingerprint density at radius 2 is 2.32 bits per heavy atom. The van der Waals surface area contributed by atoms with Crippen molar-refractivity contribution in [2.45, 2.75) is 25.4 Å². The summed E-state index contributed by atoms with van der Waals surface area (Å²) in [7, 11) is 0. The molecular weight excluding hydrogens is 244 g/mol. The van der Waals surface area contributed by atoms with E-state index in [0.717, 1.165) is 16.5 Å². The van der Waals surface area contributed by atoms with Crippen LogP contribution in [0.5, 0.6) is 0 Å². The molecule has 2 N–H and O–H groups in total. The largest absolute Gasteiger partial charge is 0.477 e. The number of hydrogen-bond acceptors (Lipinski definition) is 3. The third-order valence-electron chi connectivity index (χ3n) is 3.40. The average molecular weight is 258 g/mol. The number of nitrogens with one attached hydrogen (secondary N) is 1. The van der Waals surface area contributed by atoms with Crippen molar-refractivity contribution in [3.05, 3.63) is 36.0 Å². The van der Waals surface area contributed by atoms with Crippen LogP contribution in [-0.2, 0) is 16.1 Å². The van der Waals surface area contributed by atoms with Gasteiger partial charge in [0.05, 0.1) is 0 Å². The second-order valence-electron chi connectivity index (χ2n) is 5.10. The molecule has 1 atom stereocenters. The molecule has 1 aromatic carbocycles. The highest BCUT2D eigenvalue weighted by molar-refractivity contribution is 6.36. The van der Waals surface area contributed by atoms with E-state index >= 15 is 0 Å². The first kappa shape index (κ1) is 11.8. The number of carboxylic acids is 1. The van der Waals surface area contributed by atoms with E-state index in [9.17, 15) is 4.79 Å². The Morgan fingerprint density at radius 1 is 1.53 bits per heavy atom. The summed E-state index contributed by atoms with van der Waals surface area (Å²) in [4.78, 5) is 19.4. The normalized spacial score (nSPS) is 22.3. The lowest BCUT2D eigenvalue weighted by Gasteiger charge is -2.20. The number of aromatic nitrogens is 1. The maximum atomic E-state index is 10.9. The minimum Gasteiger partial charge on any atom is -0.477 e. The molecule has 2 heterocycles. The van der Waals surface area contributed by atoms with Gasteiger partial charge < -0.3 is 14.9 Å². The van der Waals surface area contributed by atoms with Crippen LogP contribution >= 0.6 is 0 Å². The summed E-state index contributed by atoms with van der Waals surface area (Å²) >= 11 is 0. The van der Waals surface area contributed by atoms with E-state index in [-0.39, 0.29) is 5.71 Å². The molecule has 0 fully saturated rings. The van der Waals surface area contributed by atoms with Gasteiger partial charge in [0, 0.05) is 29.9 Å². The zero-order chi connectivity index (χ0) is 13.5. The van der Waals surface area contributed by atoms with Gasteiger partial charge in [-0.1, -0.05) is 23.4 Å². The van der Waals surface area contributed by atoms with E-state index < -0.39 is 11.6 Å². The molecule has 0 spiro atoms. The minimum absolute atomic E-state index is 0.0855. The molecule has 0 saturated heterocycles. The highest BCUT2D eigenvalue weighted by Crippen LogP contribution is 2.30. The van der Waals surface area contributed by atoms with Gasteiger partial charge in [0.15, 0.2) is 5.71 Å². The fraction of sp³-hybridized carbons (Fsp3) is 0.286. The Bertz CT molecular complexity index is 674. The molecule has 3 rings (SSSR count). The van der Waals surface area contributed by atoms with Gasteiger partial charge in [-0.3, -0.25) is 0 Å². The highest BCUT2D eigenvalue weighted by Gasteiger charge is 2.37. The van der Waals surface area contributed by atoms with Gasteiger partial charge in [-0.05, 0) is 18.6 Å². The first-order valence-corrected chi connectivity index (χ1v) is 6.11. The van der Waals surface area contributed by atoms with E-state index in [4.69, 9.17) is 9.94 Å². The van der Waals surface area contributed by atoms with Gasteiger partial charge in [-0.2, -0.15) is 0 Å². The van der Waals surface area contributed by atoms with E-state index in [1.165, 1.54) is 0 Å². The Balaban J connectivity index is 1.84. The lowest BCUT2D eigenvalue weighted by Crippen LogP contribution is -2.29. The van der Waals surface area contributed by atoms with Crippen molar-refractivity contribution in [1.29, 1.82) is 0 Å². The summed E-state index contributed by atoms with van der Waals surface area (Å²) in [5.74, 6) is -1.01. The molecule has 0 unspecified atom stereocenters. The van der Waals surface area contributed by atoms with Crippen molar-refractivity contribution in [1.82, 2.24) is 4.98 Å². The number of rotatable bonds is 3. The van der Waals surface area contributed by atoms with Crippen LogP contribution in [0.2, 0.25) is 0 Å². The van der Waals surface area contributed by atoms with Crippen LogP contribution in [0.15, 0.2) is 35.6 Å². The summed E-state index contributed by atoms with van der Waals surface area (Å²) in [5.41, 5.74) is 1.68. The number of oxime groups is 1. The van der Waals surface area contributed by atoms with Crippen LogP contribution in [0.3, 0.4) is 0 Å². The minimum atomic E-state index is -1.01. The Morgan fingerprint density at radius 3 is 3.05 bits per heavy atom. The van der Waals surface area contributed by atoms with Gasteiger partial charge in [0.2, 0.25) is 0 Å². The number of fused-ring (bicyclic) bond motifs is 1. The Hall–Kier alpha value is -2.30. The summed E-state index contributed by atoms with van der Waals surface area (Å²) in [6, 6.07) is 8.01. The van der Waals surface area contributed by atoms with E-state index in [0.29, 0.717) is 12.8 Å². The highest BCUT2D eigenvalue weighted by atomic mass is 16.7. The molecule has 2 aromatic rings. The number of para-hydroxylation sites is 1. The maximum absolute atomic E-state index is 10.9. The van der Waals surface area contributed by atoms with E-state index in [2.05, 4.69) is 10.1 Å². The van der Waals surface area contributed by atoms with Gasteiger partial charge in [0.25, 0.3) is 0 Å². The van der Waals surface area contributed by atoms with E-state index in [1.54, 1.807) is 0 Å². The molecule has 0 bridgehead atoms. The molecule has 0 aliphatic carbocycles. The molecule has 5 nitrogen and oxygen atoms in total. The lowest BCUT2D eigenvalue weighted by molar-refractivity contribution is -0.129. The van der Waals surface area contributed by atoms with Crippen molar-refractivity contribution < 1.29 is 14.7 Å². The molecule has 0 amide bonds. The van der Waals surface area contributed by atoms with Gasteiger partial charge in [-0.25, -0.2) is 4.79 Å². The molecule has 0 radical (unpaired) electrons. The molecular formula is C14H14N2O3. The number of hydrogen-bond donors (Lipinski definition) is 2. The summed E-state index contributed by atoms with van der Waals surface area (Å²) in [6.07, 6.45) is 2.89. The number of aromatic amines is 1. The summed E-state index contributed by atoms with van der Waals surface area (Å²) in [6.45, 7) is 1.88. The standard InChI is InChI=1S/C14H14N2O3/c1-14(7-12(13(17)18)16-19-14)6-9-8-15-11-5-3-2-4-10(9)11/h2-5,8,15H,6-7H2,1H3,(H,17,18)/t14-/m1/s1. The topological polar surface area (TPSA) is 74.7 Å². The molecule has 1 aromatic heterocycles. The van der Waals surface area contributed by atoms with Crippen LogP contribution in [-0.4, -0.2) is 27.4 Å². The van der Waals surface area contributed by atoms with Gasteiger partial charge in [0.1, 0.15) is 5.60 Å². The smallest absolute Gasteiger partial charge is 0.353 e. The van der Waals surface area contributed by atoms with Crippen molar-refractivity contribution in [3.8, 4) is 0 Å². The quantitative estimate of drug-likeness (QED) is 0.887. The van der Waals surface area contributed by atoms with Crippen LogP contribution in [0, 0.1) is 0 Å². The first-order valence-electron chi connectivity index (χ1n) is 6.11. The first-order chi connectivity index (χ1) is 9.07. The monoisotopic (exact) mass is 258 g/mol. The number of carboxylic acid groups (broad SMARTS) is 1. The van der Waals surface area contributed by atoms with Crippen LogP contribution in [0.25, 0.3) is 10.9 Å². The number of nitrogens with zero attached hydrogens (tertiary/aromatic N) is 1. The van der Waals surface area contributed by atoms with Crippen LogP contribution < -0.4 is 0 Å².